The van der Waals surface area contributed by atoms with E-state index in [0.29, 0.717) is 0 Å². The van der Waals surface area contributed by atoms with Crippen molar-refractivity contribution in [1.29, 1.82) is 5.26 Å². The van der Waals surface area contributed by atoms with Gasteiger partial charge >= 0.3 is 6.18 Å². The van der Waals surface area contributed by atoms with Gasteiger partial charge in [0.2, 0.25) is 10.0 Å². The molecule has 6 nitrogen and oxygen atoms in total. The highest BCUT2D eigenvalue weighted by Crippen LogP contribution is 2.23. The van der Waals surface area contributed by atoms with Crippen LogP contribution in [0.15, 0.2) is 23.2 Å². The van der Waals surface area contributed by atoms with Gasteiger partial charge in [-0.1, -0.05) is 0 Å². The number of nitriles is 1. The number of aliphatic hydroxyl groups is 1. The topological polar surface area (TPSA) is 94.3 Å². The van der Waals surface area contributed by atoms with E-state index in [4.69, 9.17) is 10.4 Å². The fourth-order valence-electron chi connectivity index (χ4n) is 1.42. The summed E-state index contributed by atoms with van der Waals surface area (Å²) in [7, 11) is -4.57. The maximum absolute atomic E-state index is 12.4. The third kappa shape index (κ3) is 3.89. The highest BCUT2D eigenvalue weighted by Gasteiger charge is 2.37. The van der Waals surface area contributed by atoms with Crippen molar-refractivity contribution >= 4 is 10.0 Å². The van der Waals surface area contributed by atoms with Gasteiger partial charge in [-0.25, -0.2) is 13.4 Å². The molecule has 1 aromatic heterocycles. The van der Waals surface area contributed by atoms with Crippen LogP contribution >= 0.6 is 0 Å². The second-order valence-electron chi connectivity index (χ2n) is 3.64. The molecule has 0 bridgehead atoms. The van der Waals surface area contributed by atoms with Crippen LogP contribution in [0.4, 0.5) is 13.2 Å². The molecule has 0 aliphatic carbocycles. The zero-order valence-electron chi connectivity index (χ0n) is 10.0. The summed E-state index contributed by atoms with van der Waals surface area (Å²) in [6.07, 6.45) is -3.62. The largest absolute Gasteiger partial charge is 0.402 e. The molecule has 0 aliphatic rings. The van der Waals surface area contributed by atoms with Gasteiger partial charge in [-0.2, -0.15) is 22.7 Å². The Kier molecular flexibility index (Phi) is 5.04. The molecule has 20 heavy (non-hydrogen) atoms. The number of hydrogen-bond acceptors (Lipinski definition) is 5. The molecule has 0 saturated carbocycles. The Labute approximate surface area is 113 Å². The van der Waals surface area contributed by atoms with E-state index < -0.39 is 46.5 Å². The number of aliphatic hydroxyl groups excluding tert-OH is 1. The minimum absolute atomic E-state index is 0.0604. The van der Waals surface area contributed by atoms with Gasteiger partial charge in [0.05, 0.1) is 6.61 Å². The maximum atomic E-state index is 12.4. The molecular formula is C10H10F3N3O3S. The predicted molar refractivity (Wildman–Crippen MR) is 60.9 cm³/mol. The van der Waals surface area contributed by atoms with E-state index in [1.54, 1.807) is 0 Å². The number of sulfonamides is 1. The van der Waals surface area contributed by atoms with Crippen LogP contribution in [-0.4, -0.2) is 48.7 Å². The number of halogens is 3. The fraction of sp³-hybridized carbons (Fsp3) is 0.400. The molecule has 10 heteroatoms. The molecule has 1 aromatic rings. The van der Waals surface area contributed by atoms with E-state index in [0.717, 1.165) is 12.3 Å². The Morgan fingerprint density at radius 2 is 2.10 bits per heavy atom. The molecule has 0 atom stereocenters. The van der Waals surface area contributed by atoms with Crippen molar-refractivity contribution in [3.63, 3.8) is 0 Å². The fourth-order valence-corrected chi connectivity index (χ4v) is 2.93. The summed E-state index contributed by atoms with van der Waals surface area (Å²) in [6.45, 7) is -3.27. The molecule has 110 valence electrons. The molecule has 0 aliphatic heterocycles. The molecule has 0 fully saturated rings. The third-order valence-corrected chi connectivity index (χ3v) is 4.08. The van der Waals surface area contributed by atoms with Gasteiger partial charge in [0.1, 0.15) is 17.5 Å². The summed E-state index contributed by atoms with van der Waals surface area (Å²) >= 11 is 0. The van der Waals surface area contributed by atoms with E-state index in [9.17, 15) is 21.6 Å². The Bertz CT molecular complexity index is 610. The third-order valence-electron chi connectivity index (χ3n) is 2.20. The minimum Gasteiger partial charge on any atom is -0.395 e. The maximum Gasteiger partial charge on any atom is 0.402 e. The van der Waals surface area contributed by atoms with E-state index in [1.807, 2.05) is 0 Å². The van der Waals surface area contributed by atoms with Crippen molar-refractivity contribution < 1.29 is 26.7 Å². The summed E-state index contributed by atoms with van der Waals surface area (Å²) < 4.78 is 61.4. The summed E-state index contributed by atoms with van der Waals surface area (Å²) in [6, 6.07) is 3.68. The number of nitrogens with zero attached hydrogens (tertiary/aromatic N) is 3. The van der Waals surface area contributed by atoms with Crippen LogP contribution in [0.3, 0.4) is 0 Å². The molecule has 0 amide bonds. The van der Waals surface area contributed by atoms with Crippen molar-refractivity contribution in [3.8, 4) is 6.07 Å². The Morgan fingerprint density at radius 1 is 1.45 bits per heavy atom. The quantitative estimate of drug-likeness (QED) is 0.854. The Morgan fingerprint density at radius 3 is 2.60 bits per heavy atom. The smallest absolute Gasteiger partial charge is 0.395 e. The average Bonchev–Trinajstić information content (AvgIpc) is 2.36. The van der Waals surface area contributed by atoms with Crippen molar-refractivity contribution in [1.82, 2.24) is 9.29 Å². The SMILES string of the molecule is N#Cc1ncccc1S(=O)(=O)N(CCO)CC(F)(F)F. The Balaban J connectivity index is 3.27. The van der Waals surface area contributed by atoms with Gasteiger partial charge in [-0.05, 0) is 12.1 Å². The Hall–Kier alpha value is -1.70. The first kappa shape index (κ1) is 16.4. The molecule has 0 aromatic carbocycles. The first-order valence-electron chi connectivity index (χ1n) is 5.25. The highest BCUT2D eigenvalue weighted by atomic mass is 32.2. The molecule has 1 rings (SSSR count). The van der Waals surface area contributed by atoms with Crippen LogP contribution in [0, 0.1) is 11.3 Å². The number of hydrogen-bond donors (Lipinski definition) is 1. The average molecular weight is 309 g/mol. The van der Waals surface area contributed by atoms with Crippen molar-refractivity contribution in [2.75, 3.05) is 19.7 Å². The lowest BCUT2D eigenvalue weighted by Crippen LogP contribution is -2.40. The lowest BCUT2D eigenvalue weighted by Gasteiger charge is -2.22. The van der Waals surface area contributed by atoms with Gasteiger partial charge in [-0.15, -0.1) is 0 Å². The van der Waals surface area contributed by atoms with Crippen LogP contribution in [0.2, 0.25) is 0 Å². The first-order chi connectivity index (χ1) is 9.22. The second kappa shape index (κ2) is 6.17. The molecule has 0 saturated heterocycles. The molecule has 1 heterocycles. The zero-order valence-corrected chi connectivity index (χ0v) is 10.8. The van der Waals surface area contributed by atoms with Crippen LogP contribution in [0.5, 0.6) is 0 Å². The summed E-state index contributed by atoms with van der Waals surface area (Å²) in [5.74, 6) is 0. The van der Waals surface area contributed by atoms with Crippen LogP contribution in [0.25, 0.3) is 0 Å². The lowest BCUT2D eigenvalue weighted by molar-refractivity contribution is -0.136. The molecule has 0 spiro atoms. The van der Waals surface area contributed by atoms with Crippen molar-refractivity contribution in [3.05, 3.63) is 24.0 Å². The normalized spacial score (nSPS) is 12.4. The standard InChI is InChI=1S/C10H10F3N3O3S/c11-10(12,13)7-16(4-5-17)20(18,19)9-2-1-3-15-8(9)6-14/h1-3,17H,4-5,7H2. The van der Waals surface area contributed by atoms with Crippen molar-refractivity contribution in [2.45, 2.75) is 11.1 Å². The molecule has 0 unspecified atom stereocenters. The monoisotopic (exact) mass is 309 g/mol. The van der Waals surface area contributed by atoms with Crippen LogP contribution in [0.1, 0.15) is 5.69 Å². The molecular weight excluding hydrogens is 299 g/mol. The van der Waals surface area contributed by atoms with Gasteiger partial charge in [0.25, 0.3) is 0 Å². The van der Waals surface area contributed by atoms with Crippen molar-refractivity contribution in [2.24, 2.45) is 0 Å². The minimum atomic E-state index is -4.77. The van der Waals surface area contributed by atoms with Crippen LogP contribution < -0.4 is 0 Å². The van der Waals surface area contributed by atoms with Gasteiger partial charge in [-0.3, -0.25) is 0 Å². The number of rotatable bonds is 5. The zero-order chi connectivity index (χ0) is 15.4. The van der Waals surface area contributed by atoms with E-state index in [2.05, 4.69) is 4.98 Å². The summed E-state index contributed by atoms with van der Waals surface area (Å²) in [4.78, 5) is 2.87. The summed E-state index contributed by atoms with van der Waals surface area (Å²) in [5.41, 5.74) is -0.502. The number of pyridine rings is 1. The first-order valence-corrected chi connectivity index (χ1v) is 6.69. The van der Waals surface area contributed by atoms with Crippen LogP contribution in [-0.2, 0) is 10.0 Å². The summed E-state index contributed by atoms with van der Waals surface area (Å²) in [5, 5.41) is 17.5. The lowest BCUT2D eigenvalue weighted by atomic mass is 10.4. The highest BCUT2D eigenvalue weighted by molar-refractivity contribution is 7.89. The second-order valence-corrected chi connectivity index (χ2v) is 5.55. The van der Waals surface area contributed by atoms with Gasteiger partial charge in [0, 0.05) is 12.7 Å². The van der Waals surface area contributed by atoms with Gasteiger partial charge < -0.3 is 5.11 Å². The van der Waals surface area contributed by atoms with Gasteiger partial charge in [0.15, 0.2) is 5.69 Å². The van der Waals surface area contributed by atoms with E-state index >= 15 is 0 Å². The molecule has 0 radical (unpaired) electrons. The van der Waals surface area contributed by atoms with E-state index in [-0.39, 0.29) is 4.31 Å². The number of alkyl halides is 3. The van der Waals surface area contributed by atoms with E-state index in [1.165, 1.54) is 12.1 Å². The predicted octanol–water partition coefficient (Wildman–Crippen LogP) is 0.499. The number of aromatic nitrogens is 1. The molecule has 1 N–H and O–H groups in total.